The van der Waals surface area contributed by atoms with E-state index in [9.17, 15) is 0 Å². The number of ether oxygens (including phenoxy) is 1. The van der Waals surface area contributed by atoms with E-state index in [1.807, 2.05) is 32.0 Å². The first-order chi connectivity index (χ1) is 8.11. The Labute approximate surface area is 102 Å². The van der Waals surface area contributed by atoms with Crippen LogP contribution in [0.3, 0.4) is 0 Å². The van der Waals surface area contributed by atoms with E-state index >= 15 is 0 Å². The van der Waals surface area contributed by atoms with E-state index in [2.05, 4.69) is 11.1 Å². The van der Waals surface area contributed by atoms with Crippen molar-refractivity contribution in [2.24, 2.45) is 5.73 Å². The summed E-state index contributed by atoms with van der Waals surface area (Å²) in [5.74, 6) is 0.866. The van der Waals surface area contributed by atoms with E-state index in [1.54, 1.807) is 7.11 Å². The van der Waals surface area contributed by atoms with Crippen LogP contribution in [0.1, 0.15) is 18.2 Å². The number of nitrogens with two attached hydrogens (primary N) is 1. The molecule has 0 saturated carbocycles. The first-order valence-corrected chi connectivity index (χ1v) is 5.80. The number of benzene rings is 1. The molecule has 1 unspecified atom stereocenters. The summed E-state index contributed by atoms with van der Waals surface area (Å²) in [6, 6.07) is 8.15. The molecule has 0 fully saturated rings. The van der Waals surface area contributed by atoms with Crippen LogP contribution in [0.15, 0.2) is 24.3 Å². The summed E-state index contributed by atoms with van der Waals surface area (Å²) in [6.07, 6.45) is 0.834. The fraction of sp³-hybridized carbons (Fsp3) is 0.357. The van der Waals surface area contributed by atoms with Gasteiger partial charge in [0.2, 0.25) is 0 Å². The van der Waals surface area contributed by atoms with E-state index in [-0.39, 0.29) is 6.04 Å². The molecule has 0 aliphatic rings. The van der Waals surface area contributed by atoms with Crippen molar-refractivity contribution < 1.29 is 4.74 Å². The van der Waals surface area contributed by atoms with Crippen LogP contribution in [0, 0.1) is 6.92 Å². The summed E-state index contributed by atoms with van der Waals surface area (Å²) in [4.78, 5) is 4.53. The van der Waals surface area contributed by atoms with Gasteiger partial charge in [-0.2, -0.15) is 0 Å². The predicted octanol–water partition coefficient (Wildman–Crippen LogP) is 2.44. The molecule has 3 nitrogen and oxygen atoms in total. The summed E-state index contributed by atoms with van der Waals surface area (Å²) in [5, 5.41) is 1.08. The lowest BCUT2D eigenvalue weighted by Gasteiger charge is -2.13. The number of hydrogen-bond acceptors (Lipinski definition) is 3. The zero-order chi connectivity index (χ0) is 12.4. The molecule has 0 aliphatic heterocycles. The van der Waals surface area contributed by atoms with Gasteiger partial charge in [0.05, 0.1) is 12.6 Å². The number of rotatable bonds is 3. The molecule has 3 heteroatoms. The molecule has 0 aliphatic carbocycles. The molecule has 0 bridgehead atoms. The average molecular weight is 230 g/mol. The maximum atomic E-state index is 5.90. The van der Waals surface area contributed by atoms with Crippen LogP contribution >= 0.6 is 0 Å². The molecule has 1 aromatic carbocycles. The second kappa shape index (κ2) is 4.72. The Morgan fingerprint density at radius 2 is 2.18 bits per heavy atom. The van der Waals surface area contributed by atoms with E-state index in [1.165, 1.54) is 5.56 Å². The lowest BCUT2D eigenvalue weighted by atomic mass is 10.0. The highest BCUT2D eigenvalue weighted by Gasteiger charge is 2.10. The van der Waals surface area contributed by atoms with E-state index in [0.29, 0.717) is 0 Å². The fourth-order valence-electron chi connectivity index (χ4n) is 2.16. The van der Waals surface area contributed by atoms with Gasteiger partial charge in [-0.25, -0.2) is 0 Å². The molecule has 2 rings (SSSR count). The van der Waals surface area contributed by atoms with Gasteiger partial charge >= 0.3 is 0 Å². The van der Waals surface area contributed by atoms with Gasteiger partial charge in [0.15, 0.2) is 0 Å². The molecule has 1 heterocycles. The van der Waals surface area contributed by atoms with Crippen LogP contribution < -0.4 is 10.5 Å². The minimum atomic E-state index is 0.130. The number of methoxy groups -OCH3 is 1. The van der Waals surface area contributed by atoms with Crippen molar-refractivity contribution in [2.45, 2.75) is 26.3 Å². The van der Waals surface area contributed by atoms with Gasteiger partial charge in [-0.1, -0.05) is 6.07 Å². The zero-order valence-electron chi connectivity index (χ0n) is 10.5. The normalized spacial score (nSPS) is 12.7. The van der Waals surface area contributed by atoms with Crippen LogP contribution in [0.25, 0.3) is 10.9 Å². The van der Waals surface area contributed by atoms with Gasteiger partial charge in [0, 0.05) is 17.1 Å². The highest BCUT2D eigenvalue weighted by molar-refractivity contribution is 5.88. The Kier molecular flexibility index (Phi) is 3.29. The van der Waals surface area contributed by atoms with Gasteiger partial charge in [0.1, 0.15) is 5.75 Å². The second-order valence-corrected chi connectivity index (χ2v) is 4.46. The van der Waals surface area contributed by atoms with Crippen LogP contribution in [0.4, 0.5) is 0 Å². The topological polar surface area (TPSA) is 48.1 Å². The van der Waals surface area contributed by atoms with Crippen molar-refractivity contribution in [3.05, 3.63) is 35.5 Å². The van der Waals surface area contributed by atoms with Crippen LogP contribution in [-0.4, -0.2) is 18.1 Å². The molecule has 1 aromatic heterocycles. The Bertz CT molecular complexity index is 535. The number of hydrogen-bond donors (Lipinski definition) is 1. The smallest absolute Gasteiger partial charge is 0.128 e. The Morgan fingerprint density at radius 3 is 2.82 bits per heavy atom. The van der Waals surface area contributed by atoms with Crippen molar-refractivity contribution in [2.75, 3.05) is 7.11 Å². The number of fused-ring (bicyclic) bond motifs is 1. The Morgan fingerprint density at radius 1 is 1.41 bits per heavy atom. The van der Waals surface area contributed by atoms with Crippen molar-refractivity contribution in [1.29, 1.82) is 0 Å². The number of nitrogens with zero attached hydrogens (tertiary/aromatic N) is 1. The summed E-state index contributed by atoms with van der Waals surface area (Å²) in [5.41, 5.74) is 9.09. The third-order valence-corrected chi connectivity index (χ3v) is 2.77. The van der Waals surface area contributed by atoms with Crippen molar-refractivity contribution in [3.8, 4) is 5.75 Å². The minimum Gasteiger partial charge on any atom is -0.496 e. The molecule has 2 N–H and O–H groups in total. The first-order valence-electron chi connectivity index (χ1n) is 5.80. The van der Waals surface area contributed by atoms with Gasteiger partial charge in [-0.3, -0.25) is 4.98 Å². The molecule has 0 radical (unpaired) electrons. The van der Waals surface area contributed by atoms with Gasteiger partial charge in [-0.15, -0.1) is 0 Å². The number of aromatic nitrogens is 1. The highest BCUT2D eigenvalue weighted by Crippen LogP contribution is 2.28. The molecule has 1 atom stereocenters. The van der Waals surface area contributed by atoms with E-state index in [0.717, 1.165) is 28.8 Å². The number of pyridine rings is 1. The van der Waals surface area contributed by atoms with Crippen LogP contribution in [0.5, 0.6) is 5.75 Å². The standard InChI is InChI=1S/C14H18N2O/c1-9(15)7-11-8-10(2)16-12-5-4-6-13(17-3)14(11)12/h4-6,8-9H,7,15H2,1-3H3. The molecule has 90 valence electrons. The SMILES string of the molecule is COc1cccc2nc(C)cc(CC(C)N)c12. The maximum absolute atomic E-state index is 5.90. The Hall–Kier alpha value is -1.61. The molecular formula is C14H18N2O. The molecule has 0 amide bonds. The zero-order valence-corrected chi connectivity index (χ0v) is 10.5. The highest BCUT2D eigenvalue weighted by atomic mass is 16.5. The monoisotopic (exact) mass is 230 g/mol. The molecule has 0 spiro atoms. The third-order valence-electron chi connectivity index (χ3n) is 2.77. The van der Waals surface area contributed by atoms with Gasteiger partial charge in [0.25, 0.3) is 0 Å². The fourth-order valence-corrected chi connectivity index (χ4v) is 2.16. The maximum Gasteiger partial charge on any atom is 0.128 e. The quantitative estimate of drug-likeness (QED) is 0.881. The summed E-state index contributed by atoms with van der Waals surface area (Å²) in [7, 11) is 1.68. The third kappa shape index (κ3) is 2.39. The molecule has 17 heavy (non-hydrogen) atoms. The molecule has 2 aromatic rings. The largest absolute Gasteiger partial charge is 0.496 e. The summed E-state index contributed by atoms with van der Waals surface area (Å²) < 4.78 is 5.41. The lowest BCUT2D eigenvalue weighted by Crippen LogP contribution is -2.18. The predicted molar refractivity (Wildman–Crippen MR) is 70.4 cm³/mol. The average Bonchev–Trinajstić information content (AvgIpc) is 2.26. The van der Waals surface area contributed by atoms with Crippen molar-refractivity contribution >= 4 is 10.9 Å². The molecular weight excluding hydrogens is 212 g/mol. The Balaban J connectivity index is 2.70. The van der Waals surface area contributed by atoms with E-state index < -0.39 is 0 Å². The summed E-state index contributed by atoms with van der Waals surface area (Å²) in [6.45, 7) is 4.01. The van der Waals surface area contributed by atoms with Crippen LogP contribution in [0.2, 0.25) is 0 Å². The van der Waals surface area contributed by atoms with Gasteiger partial charge < -0.3 is 10.5 Å². The van der Waals surface area contributed by atoms with Crippen molar-refractivity contribution in [3.63, 3.8) is 0 Å². The first kappa shape index (κ1) is 11.9. The summed E-state index contributed by atoms with van der Waals surface area (Å²) >= 11 is 0. The van der Waals surface area contributed by atoms with Gasteiger partial charge in [-0.05, 0) is 44.0 Å². The number of aryl methyl sites for hydroxylation is 1. The molecule has 0 saturated heterocycles. The van der Waals surface area contributed by atoms with E-state index in [4.69, 9.17) is 10.5 Å². The second-order valence-electron chi connectivity index (χ2n) is 4.46. The van der Waals surface area contributed by atoms with Crippen molar-refractivity contribution in [1.82, 2.24) is 4.98 Å². The minimum absolute atomic E-state index is 0.130. The lowest BCUT2D eigenvalue weighted by molar-refractivity contribution is 0.419. The van der Waals surface area contributed by atoms with Crippen LogP contribution in [-0.2, 0) is 6.42 Å².